The standard InChI is InChI=1S/C21H14F3N5O2/c1-12-25-10-11-29(12)17-8-9-18(28-27-17)31-14-4-2-13(3-5-14)26-21(30)15-6-7-16(22)20(24)19(15)23/h2-11H,1H3,(H,26,30). The number of ether oxygens (including phenoxy) is 1. The summed E-state index contributed by atoms with van der Waals surface area (Å²) in [5.41, 5.74) is -0.304. The van der Waals surface area contributed by atoms with Crippen LogP contribution in [-0.2, 0) is 0 Å². The number of hydrogen-bond acceptors (Lipinski definition) is 5. The Hall–Kier alpha value is -4.21. The Morgan fingerprint density at radius 2 is 1.74 bits per heavy atom. The number of nitrogens with one attached hydrogen (secondary N) is 1. The molecule has 2 aromatic carbocycles. The Morgan fingerprint density at radius 1 is 0.968 bits per heavy atom. The van der Waals surface area contributed by atoms with Gasteiger partial charge in [0.15, 0.2) is 23.3 Å². The molecule has 0 aliphatic carbocycles. The minimum atomic E-state index is -1.70. The van der Waals surface area contributed by atoms with Gasteiger partial charge in [0, 0.05) is 24.1 Å². The number of anilines is 1. The third kappa shape index (κ3) is 4.22. The van der Waals surface area contributed by atoms with Gasteiger partial charge in [-0.1, -0.05) is 0 Å². The first-order valence-corrected chi connectivity index (χ1v) is 8.99. The van der Waals surface area contributed by atoms with Crippen LogP contribution in [0.3, 0.4) is 0 Å². The van der Waals surface area contributed by atoms with E-state index in [2.05, 4.69) is 20.5 Å². The number of aryl methyl sites for hydroxylation is 1. The Bertz CT molecular complexity index is 1240. The SMILES string of the molecule is Cc1nccn1-c1ccc(Oc2ccc(NC(=O)c3ccc(F)c(F)c3F)cc2)nn1. The van der Waals surface area contributed by atoms with Gasteiger partial charge in [0.2, 0.25) is 5.88 Å². The van der Waals surface area contributed by atoms with Crippen molar-refractivity contribution < 1.29 is 22.7 Å². The van der Waals surface area contributed by atoms with Crippen molar-refractivity contribution in [3.8, 4) is 17.4 Å². The van der Waals surface area contributed by atoms with Crippen molar-refractivity contribution in [3.63, 3.8) is 0 Å². The molecule has 7 nitrogen and oxygen atoms in total. The van der Waals surface area contributed by atoms with Crippen molar-refractivity contribution >= 4 is 11.6 Å². The molecule has 31 heavy (non-hydrogen) atoms. The molecule has 0 atom stereocenters. The van der Waals surface area contributed by atoms with Crippen LogP contribution in [0.5, 0.6) is 11.6 Å². The average molecular weight is 425 g/mol. The first kappa shape index (κ1) is 20.1. The predicted octanol–water partition coefficient (Wildman–Crippen LogP) is 4.43. The minimum Gasteiger partial charge on any atom is -0.438 e. The summed E-state index contributed by atoms with van der Waals surface area (Å²) in [6, 6.07) is 11.0. The number of carbonyl (C=O) groups excluding carboxylic acids is 1. The molecular formula is C21H14F3N5O2. The van der Waals surface area contributed by atoms with Crippen molar-refractivity contribution in [2.45, 2.75) is 6.92 Å². The molecule has 2 aromatic heterocycles. The van der Waals surface area contributed by atoms with Gasteiger partial charge in [-0.15, -0.1) is 10.2 Å². The van der Waals surface area contributed by atoms with Gasteiger partial charge in [0.05, 0.1) is 5.56 Å². The zero-order valence-corrected chi connectivity index (χ0v) is 16.0. The fourth-order valence-corrected chi connectivity index (χ4v) is 2.74. The first-order valence-electron chi connectivity index (χ1n) is 8.99. The molecule has 4 aromatic rings. The smallest absolute Gasteiger partial charge is 0.258 e. The van der Waals surface area contributed by atoms with Crippen LogP contribution >= 0.6 is 0 Å². The van der Waals surface area contributed by atoms with Crippen molar-refractivity contribution in [3.05, 3.63) is 89.8 Å². The summed E-state index contributed by atoms with van der Waals surface area (Å²) in [5.74, 6) is -3.51. The summed E-state index contributed by atoms with van der Waals surface area (Å²) in [4.78, 5) is 16.3. The number of halogens is 3. The third-order valence-corrected chi connectivity index (χ3v) is 4.31. The van der Waals surface area contributed by atoms with E-state index in [9.17, 15) is 18.0 Å². The van der Waals surface area contributed by atoms with Crippen LogP contribution in [0.4, 0.5) is 18.9 Å². The van der Waals surface area contributed by atoms with Crippen LogP contribution in [0.25, 0.3) is 5.82 Å². The molecule has 1 amide bonds. The summed E-state index contributed by atoms with van der Waals surface area (Å²) < 4.78 is 47.5. The number of imidazole rings is 1. The number of aromatic nitrogens is 4. The van der Waals surface area contributed by atoms with Gasteiger partial charge >= 0.3 is 0 Å². The van der Waals surface area contributed by atoms with E-state index in [4.69, 9.17) is 4.74 Å². The highest BCUT2D eigenvalue weighted by molar-refractivity contribution is 6.04. The van der Waals surface area contributed by atoms with Crippen molar-refractivity contribution in [1.29, 1.82) is 0 Å². The lowest BCUT2D eigenvalue weighted by Gasteiger charge is -2.09. The lowest BCUT2D eigenvalue weighted by atomic mass is 10.1. The van der Waals surface area contributed by atoms with Crippen LogP contribution in [0, 0.1) is 24.4 Å². The molecule has 0 radical (unpaired) electrons. The molecule has 4 rings (SSSR count). The predicted molar refractivity (Wildman–Crippen MR) is 105 cm³/mol. The topological polar surface area (TPSA) is 81.9 Å². The fourth-order valence-electron chi connectivity index (χ4n) is 2.74. The van der Waals surface area contributed by atoms with Gasteiger partial charge in [0.1, 0.15) is 11.6 Å². The van der Waals surface area contributed by atoms with Gasteiger partial charge in [-0.2, -0.15) is 0 Å². The fraction of sp³-hybridized carbons (Fsp3) is 0.0476. The summed E-state index contributed by atoms with van der Waals surface area (Å²) in [6.07, 6.45) is 3.42. The third-order valence-electron chi connectivity index (χ3n) is 4.31. The van der Waals surface area contributed by atoms with Gasteiger partial charge in [-0.05, 0) is 49.4 Å². The molecule has 0 spiro atoms. The molecule has 0 aliphatic heterocycles. The maximum Gasteiger partial charge on any atom is 0.258 e. The first-order chi connectivity index (χ1) is 14.9. The van der Waals surface area contributed by atoms with E-state index in [1.165, 1.54) is 12.1 Å². The number of nitrogens with zero attached hydrogens (tertiary/aromatic N) is 4. The molecule has 10 heteroatoms. The summed E-state index contributed by atoms with van der Waals surface area (Å²) in [6.45, 7) is 1.84. The summed E-state index contributed by atoms with van der Waals surface area (Å²) >= 11 is 0. The highest BCUT2D eigenvalue weighted by Gasteiger charge is 2.18. The highest BCUT2D eigenvalue weighted by Crippen LogP contribution is 2.23. The van der Waals surface area contributed by atoms with E-state index in [0.717, 1.165) is 11.9 Å². The summed E-state index contributed by atoms with van der Waals surface area (Å²) in [5, 5.41) is 10.5. The molecular weight excluding hydrogens is 411 g/mol. The monoisotopic (exact) mass is 425 g/mol. The molecule has 0 aliphatic rings. The average Bonchev–Trinajstić information content (AvgIpc) is 3.20. The van der Waals surface area contributed by atoms with Crippen molar-refractivity contribution in [2.24, 2.45) is 0 Å². The Morgan fingerprint density at radius 3 is 2.39 bits per heavy atom. The van der Waals surface area contributed by atoms with Crippen LogP contribution in [0.1, 0.15) is 16.2 Å². The van der Waals surface area contributed by atoms with E-state index < -0.39 is 28.9 Å². The Balaban J connectivity index is 1.42. The lowest BCUT2D eigenvalue weighted by Crippen LogP contribution is -2.15. The zero-order chi connectivity index (χ0) is 22.0. The van der Waals surface area contributed by atoms with Crippen molar-refractivity contribution in [1.82, 2.24) is 19.7 Å². The maximum atomic E-state index is 13.7. The Kier molecular flexibility index (Phi) is 5.35. The normalized spacial score (nSPS) is 10.7. The van der Waals surface area contributed by atoms with Crippen molar-refractivity contribution in [2.75, 3.05) is 5.32 Å². The van der Waals surface area contributed by atoms with Gasteiger partial charge in [-0.25, -0.2) is 18.2 Å². The van der Waals surface area contributed by atoms with E-state index in [1.807, 2.05) is 6.92 Å². The number of carbonyl (C=O) groups is 1. The van der Waals surface area contributed by atoms with E-state index in [0.29, 0.717) is 23.3 Å². The highest BCUT2D eigenvalue weighted by atomic mass is 19.2. The van der Waals surface area contributed by atoms with Crippen LogP contribution in [0.15, 0.2) is 60.9 Å². The van der Waals surface area contributed by atoms with E-state index in [1.54, 1.807) is 41.2 Å². The maximum absolute atomic E-state index is 13.7. The van der Waals surface area contributed by atoms with Crippen LogP contribution in [0.2, 0.25) is 0 Å². The molecule has 0 saturated heterocycles. The number of rotatable bonds is 5. The van der Waals surface area contributed by atoms with Gasteiger partial charge in [0.25, 0.3) is 5.91 Å². The molecule has 0 unspecified atom stereocenters. The lowest BCUT2D eigenvalue weighted by molar-refractivity contribution is 0.102. The molecule has 0 bridgehead atoms. The number of amides is 1. The van der Waals surface area contributed by atoms with E-state index in [-0.39, 0.29) is 5.88 Å². The largest absolute Gasteiger partial charge is 0.438 e. The quantitative estimate of drug-likeness (QED) is 0.479. The molecule has 2 heterocycles. The second kappa shape index (κ2) is 8.27. The second-order valence-electron chi connectivity index (χ2n) is 6.38. The molecule has 0 fully saturated rings. The van der Waals surface area contributed by atoms with Gasteiger partial charge in [-0.3, -0.25) is 9.36 Å². The second-order valence-corrected chi connectivity index (χ2v) is 6.38. The molecule has 156 valence electrons. The van der Waals surface area contributed by atoms with Crippen LogP contribution in [-0.4, -0.2) is 25.7 Å². The Labute approximate surface area is 174 Å². The van der Waals surface area contributed by atoms with Gasteiger partial charge < -0.3 is 10.1 Å². The summed E-state index contributed by atoms with van der Waals surface area (Å²) in [7, 11) is 0. The number of benzene rings is 2. The minimum absolute atomic E-state index is 0.252. The zero-order valence-electron chi connectivity index (χ0n) is 16.0. The molecule has 1 N–H and O–H groups in total. The molecule has 0 saturated carbocycles. The number of hydrogen-bond donors (Lipinski definition) is 1. The van der Waals surface area contributed by atoms with Crippen LogP contribution < -0.4 is 10.1 Å². The van der Waals surface area contributed by atoms with E-state index >= 15 is 0 Å².